The van der Waals surface area contributed by atoms with E-state index in [2.05, 4.69) is 0 Å². The van der Waals surface area contributed by atoms with Crippen molar-refractivity contribution in [2.45, 2.75) is 50.2 Å². The molecular weight excluding hydrogens is 407 g/mol. The molecule has 2 aromatic rings. The zero-order valence-electron chi connectivity index (χ0n) is 16.9. The number of likely N-dealkylation sites (tertiary alicyclic amines) is 1. The summed E-state index contributed by atoms with van der Waals surface area (Å²) in [5, 5.41) is 10.5. The minimum atomic E-state index is -0.574. The molecule has 2 aromatic carbocycles. The fourth-order valence-corrected chi connectivity index (χ4v) is 4.75. The van der Waals surface area contributed by atoms with Crippen LogP contribution < -0.4 is 10.5 Å². The van der Waals surface area contributed by atoms with Gasteiger partial charge in [-0.25, -0.2) is 4.39 Å². The first-order valence-corrected chi connectivity index (χ1v) is 10.3. The monoisotopic (exact) mass is 434 g/mol. The maximum absolute atomic E-state index is 14.5. The first-order valence-electron chi connectivity index (χ1n) is 10.3. The molecule has 1 amide bonds. The molecule has 1 aliphatic carbocycles. The van der Waals surface area contributed by atoms with Crippen LogP contribution in [-0.2, 0) is 6.42 Å². The van der Waals surface area contributed by atoms with E-state index in [0.717, 1.165) is 37.7 Å². The maximum Gasteiger partial charge on any atom is 0.257 e. The number of aliphatic hydroxyl groups excluding tert-OH is 1. The number of nitrogens with zero attached hydrogens (tertiary/aromatic N) is 1. The predicted octanol–water partition coefficient (Wildman–Crippen LogP) is 4.06. The van der Waals surface area contributed by atoms with Gasteiger partial charge in [-0.05, 0) is 81.0 Å². The SMILES string of the molecule is Cl.NCCc1ccc(Oc2ccc(F)c(C(=O)N3CCC[C@@]34CCC[C@H]4O)c2)cc1. The smallest absolute Gasteiger partial charge is 0.257 e. The van der Waals surface area contributed by atoms with E-state index < -0.39 is 17.5 Å². The van der Waals surface area contributed by atoms with Crippen molar-refractivity contribution in [3.05, 3.63) is 59.4 Å². The molecule has 0 unspecified atom stereocenters. The zero-order valence-corrected chi connectivity index (χ0v) is 17.7. The van der Waals surface area contributed by atoms with Crippen molar-refractivity contribution in [3.8, 4) is 11.5 Å². The standard InChI is InChI=1S/C23H27FN2O3.ClH/c24-20-9-8-18(29-17-6-4-16(5-7-17)10-13-25)15-19(20)22(28)26-14-2-12-23(26)11-1-3-21(23)27;/h4-9,15,21,27H,1-3,10-14,25H2;1H/t21-,23-;/m1./s1. The van der Waals surface area contributed by atoms with Gasteiger partial charge in [-0.15, -0.1) is 12.4 Å². The molecule has 0 radical (unpaired) electrons. The normalized spacial score (nSPS) is 22.9. The van der Waals surface area contributed by atoms with Crippen LogP contribution in [0.5, 0.6) is 11.5 Å². The number of carbonyl (C=O) groups excluding carboxylic acids is 1. The second kappa shape index (κ2) is 9.33. The molecule has 2 aliphatic rings. The fourth-order valence-electron chi connectivity index (χ4n) is 4.75. The first-order chi connectivity index (χ1) is 14.0. The van der Waals surface area contributed by atoms with Gasteiger partial charge in [0.1, 0.15) is 17.3 Å². The van der Waals surface area contributed by atoms with Gasteiger partial charge < -0.3 is 20.5 Å². The van der Waals surface area contributed by atoms with Crippen molar-refractivity contribution in [1.82, 2.24) is 4.90 Å². The molecule has 2 fully saturated rings. The number of hydrogen-bond acceptors (Lipinski definition) is 4. The van der Waals surface area contributed by atoms with Crippen LogP contribution in [0.4, 0.5) is 4.39 Å². The van der Waals surface area contributed by atoms with Crippen LogP contribution >= 0.6 is 12.4 Å². The minimum Gasteiger partial charge on any atom is -0.457 e. The highest BCUT2D eigenvalue weighted by atomic mass is 35.5. The van der Waals surface area contributed by atoms with Gasteiger partial charge in [-0.3, -0.25) is 4.79 Å². The molecule has 5 nitrogen and oxygen atoms in total. The summed E-state index contributed by atoms with van der Waals surface area (Å²) in [6, 6.07) is 11.8. The number of benzene rings is 2. The van der Waals surface area contributed by atoms with Crippen LogP contribution in [0.15, 0.2) is 42.5 Å². The Morgan fingerprint density at radius 1 is 1.17 bits per heavy atom. The summed E-state index contributed by atoms with van der Waals surface area (Å²) in [5.74, 6) is 0.0704. The molecule has 1 heterocycles. The maximum atomic E-state index is 14.5. The Kier molecular flexibility index (Phi) is 7.01. The third-order valence-electron chi connectivity index (χ3n) is 6.24. The molecule has 7 heteroatoms. The third-order valence-corrected chi connectivity index (χ3v) is 6.24. The molecule has 2 atom stereocenters. The number of carbonyl (C=O) groups is 1. The lowest BCUT2D eigenvalue weighted by Crippen LogP contribution is -2.52. The van der Waals surface area contributed by atoms with Crippen molar-refractivity contribution in [1.29, 1.82) is 0 Å². The van der Waals surface area contributed by atoms with Crippen LogP contribution in [0, 0.1) is 5.82 Å². The Bertz CT molecular complexity index is 889. The Morgan fingerprint density at radius 2 is 1.87 bits per heavy atom. The number of hydrogen-bond donors (Lipinski definition) is 2. The van der Waals surface area contributed by atoms with E-state index in [1.165, 1.54) is 18.2 Å². The number of halogens is 2. The zero-order chi connectivity index (χ0) is 20.4. The van der Waals surface area contributed by atoms with Crippen molar-refractivity contribution >= 4 is 18.3 Å². The predicted molar refractivity (Wildman–Crippen MR) is 116 cm³/mol. The largest absolute Gasteiger partial charge is 0.457 e. The van der Waals surface area contributed by atoms with Gasteiger partial charge >= 0.3 is 0 Å². The van der Waals surface area contributed by atoms with Crippen LogP contribution in [0.3, 0.4) is 0 Å². The average Bonchev–Trinajstić information content (AvgIpc) is 3.31. The van der Waals surface area contributed by atoms with Crippen molar-refractivity contribution in [2.75, 3.05) is 13.1 Å². The Hall–Kier alpha value is -2.15. The van der Waals surface area contributed by atoms with Crippen LogP contribution in [0.2, 0.25) is 0 Å². The molecular formula is C23H28ClFN2O3. The highest BCUT2D eigenvalue weighted by molar-refractivity contribution is 5.95. The van der Waals surface area contributed by atoms with Gasteiger partial charge in [0.05, 0.1) is 17.2 Å². The molecule has 1 aliphatic heterocycles. The molecule has 162 valence electrons. The summed E-state index contributed by atoms with van der Waals surface area (Å²) in [5.41, 5.74) is 6.13. The van der Waals surface area contributed by atoms with E-state index in [1.807, 2.05) is 24.3 Å². The molecule has 1 saturated carbocycles. The minimum absolute atomic E-state index is 0. The van der Waals surface area contributed by atoms with Crippen LogP contribution in [0.1, 0.15) is 48.0 Å². The molecule has 1 saturated heterocycles. The van der Waals surface area contributed by atoms with E-state index in [4.69, 9.17) is 10.5 Å². The Morgan fingerprint density at radius 3 is 2.53 bits per heavy atom. The first kappa shape index (κ1) is 22.5. The van der Waals surface area contributed by atoms with E-state index in [9.17, 15) is 14.3 Å². The quantitative estimate of drug-likeness (QED) is 0.744. The van der Waals surface area contributed by atoms with Crippen molar-refractivity contribution in [2.24, 2.45) is 5.73 Å². The Balaban J connectivity index is 0.00000256. The van der Waals surface area contributed by atoms with Crippen LogP contribution in [0.25, 0.3) is 0 Å². The van der Waals surface area contributed by atoms with E-state index in [0.29, 0.717) is 31.0 Å². The number of amides is 1. The molecule has 3 N–H and O–H groups in total. The van der Waals surface area contributed by atoms with E-state index in [-0.39, 0.29) is 23.9 Å². The summed E-state index contributed by atoms with van der Waals surface area (Å²) < 4.78 is 20.4. The number of nitrogens with two attached hydrogens (primary N) is 1. The molecule has 30 heavy (non-hydrogen) atoms. The molecule has 0 aromatic heterocycles. The fraction of sp³-hybridized carbons (Fsp3) is 0.435. The van der Waals surface area contributed by atoms with Gasteiger partial charge in [0.2, 0.25) is 0 Å². The summed E-state index contributed by atoms with van der Waals surface area (Å²) >= 11 is 0. The number of rotatable bonds is 5. The highest BCUT2D eigenvalue weighted by Crippen LogP contribution is 2.44. The van der Waals surface area contributed by atoms with Gasteiger partial charge in [0, 0.05) is 6.54 Å². The second-order valence-corrected chi connectivity index (χ2v) is 8.00. The highest BCUT2D eigenvalue weighted by Gasteiger charge is 2.51. The average molecular weight is 435 g/mol. The molecule has 4 rings (SSSR count). The molecule has 1 spiro atoms. The summed E-state index contributed by atoms with van der Waals surface area (Å²) in [4.78, 5) is 14.9. The Labute approximate surface area is 182 Å². The lowest BCUT2D eigenvalue weighted by molar-refractivity contribution is 0.0148. The van der Waals surface area contributed by atoms with E-state index >= 15 is 0 Å². The van der Waals surface area contributed by atoms with Crippen molar-refractivity contribution < 1.29 is 19.0 Å². The number of aliphatic hydroxyl groups is 1. The van der Waals surface area contributed by atoms with Gasteiger partial charge in [-0.1, -0.05) is 12.1 Å². The van der Waals surface area contributed by atoms with Crippen molar-refractivity contribution in [3.63, 3.8) is 0 Å². The summed E-state index contributed by atoms with van der Waals surface area (Å²) in [6.45, 7) is 1.12. The lowest BCUT2D eigenvalue weighted by Gasteiger charge is -2.38. The van der Waals surface area contributed by atoms with Gasteiger partial charge in [0.15, 0.2) is 0 Å². The molecule has 0 bridgehead atoms. The van der Waals surface area contributed by atoms with Gasteiger partial charge in [-0.2, -0.15) is 0 Å². The third kappa shape index (κ3) is 4.17. The van der Waals surface area contributed by atoms with Gasteiger partial charge in [0.25, 0.3) is 5.91 Å². The summed E-state index contributed by atoms with van der Waals surface area (Å²) in [7, 11) is 0. The second-order valence-electron chi connectivity index (χ2n) is 8.00. The van der Waals surface area contributed by atoms with E-state index in [1.54, 1.807) is 4.90 Å². The number of ether oxygens (including phenoxy) is 1. The van der Waals surface area contributed by atoms with Crippen LogP contribution in [-0.4, -0.2) is 40.6 Å². The topological polar surface area (TPSA) is 75.8 Å². The lowest BCUT2D eigenvalue weighted by atomic mass is 9.91. The summed E-state index contributed by atoms with van der Waals surface area (Å²) in [6.07, 6.45) is 4.20.